The molecule has 2 aromatic heterocycles. The van der Waals surface area contributed by atoms with E-state index in [1.807, 2.05) is 69.4 Å². The van der Waals surface area contributed by atoms with Crippen LogP contribution in [0.25, 0.3) is 5.69 Å². The number of hydrogen-bond acceptors (Lipinski definition) is 8. The molecule has 2 amide bonds. The Kier molecular flexibility index (Phi) is 7.21. The zero-order valence-electron chi connectivity index (χ0n) is 21.4. The van der Waals surface area contributed by atoms with Crippen LogP contribution < -0.4 is 9.80 Å². The number of aromatic nitrogens is 4. The molecule has 1 aliphatic rings. The number of hydrogen-bond donors (Lipinski definition) is 0. The lowest BCUT2D eigenvalue weighted by Gasteiger charge is -2.24. The van der Waals surface area contributed by atoms with Crippen LogP contribution >= 0.6 is 11.8 Å². The summed E-state index contributed by atoms with van der Waals surface area (Å²) in [5, 5.41) is 5.10. The molecule has 0 saturated heterocycles. The van der Waals surface area contributed by atoms with Crippen molar-refractivity contribution in [2.45, 2.75) is 38.1 Å². The summed E-state index contributed by atoms with van der Waals surface area (Å²) in [6.45, 7) is 7.02. The predicted octanol–water partition coefficient (Wildman–Crippen LogP) is 3.85. The lowest BCUT2D eigenvalue weighted by atomic mass is 10.2. The molecule has 0 N–H and O–H groups in total. The van der Waals surface area contributed by atoms with E-state index in [4.69, 9.17) is 4.74 Å². The van der Waals surface area contributed by atoms with Crippen LogP contribution in [0.3, 0.4) is 0 Å². The molecule has 0 saturated carbocycles. The van der Waals surface area contributed by atoms with Gasteiger partial charge in [0.25, 0.3) is 5.91 Å². The molecule has 11 heteroatoms. The number of likely N-dealkylation sites (N-methyl/N-ethyl adjacent to an activating group) is 1. The molecule has 3 aromatic rings. The number of carbonyl (C=O) groups excluding carboxylic acids is 2. The normalized spacial score (nSPS) is 13.9. The summed E-state index contributed by atoms with van der Waals surface area (Å²) in [6, 6.07) is 7.65. The Labute approximate surface area is 215 Å². The van der Waals surface area contributed by atoms with Gasteiger partial charge in [-0.1, -0.05) is 17.8 Å². The third-order valence-corrected chi connectivity index (χ3v) is 6.15. The molecular formula is C25H31N7O3S. The molecule has 36 heavy (non-hydrogen) atoms. The fraction of sp³-hybridized carbons (Fsp3) is 0.400. The minimum absolute atomic E-state index is 0.140. The minimum Gasteiger partial charge on any atom is -0.444 e. The summed E-state index contributed by atoms with van der Waals surface area (Å²) >= 11 is 1.45. The molecule has 0 radical (unpaired) electrons. The molecule has 0 unspecified atom stereocenters. The fourth-order valence-corrected chi connectivity index (χ4v) is 4.15. The van der Waals surface area contributed by atoms with Gasteiger partial charge in [-0.2, -0.15) is 5.10 Å². The number of rotatable bonds is 5. The lowest BCUT2D eigenvalue weighted by Crippen LogP contribution is -2.33. The number of amides is 2. The molecule has 0 spiro atoms. The van der Waals surface area contributed by atoms with Crippen molar-refractivity contribution in [3.63, 3.8) is 0 Å². The van der Waals surface area contributed by atoms with Gasteiger partial charge < -0.3 is 19.4 Å². The van der Waals surface area contributed by atoms with E-state index >= 15 is 0 Å². The summed E-state index contributed by atoms with van der Waals surface area (Å²) in [7, 11) is 3.63. The van der Waals surface area contributed by atoms with E-state index in [9.17, 15) is 9.59 Å². The first-order valence-corrected chi connectivity index (χ1v) is 12.8. The lowest BCUT2D eigenvalue weighted by molar-refractivity contribution is 0.0285. The highest BCUT2D eigenvalue weighted by atomic mass is 32.2. The van der Waals surface area contributed by atoms with Gasteiger partial charge in [0.15, 0.2) is 5.16 Å². The fourth-order valence-electron chi connectivity index (χ4n) is 3.81. The monoisotopic (exact) mass is 509 g/mol. The third kappa shape index (κ3) is 5.62. The number of carbonyl (C=O) groups is 2. The summed E-state index contributed by atoms with van der Waals surface area (Å²) in [4.78, 5) is 39.9. The predicted molar refractivity (Wildman–Crippen MR) is 140 cm³/mol. The molecule has 0 aliphatic carbocycles. The number of ether oxygens (including phenoxy) is 1. The largest absolute Gasteiger partial charge is 0.444 e. The molecule has 190 valence electrons. The van der Waals surface area contributed by atoms with Gasteiger partial charge in [0.2, 0.25) is 0 Å². The number of fused-ring (bicyclic) bond motifs is 1. The number of nitrogens with zero attached hydrogens (tertiary/aromatic N) is 7. The van der Waals surface area contributed by atoms with E-state index in [1.54, 1.807) is 29.0 Å². The van der Waals surface area contributed by atoms with Crippen molar-refractivity contribution in [3.8, 4) is 5.69 Å². The quantitative estimate of drug-likeness (QED) is 0.378. The van der Waals surface area contributed by atoms with Crippen LogP contribution in [0.15, 0.2) is 48.0 Å². The number of anilines is 2. The smallest absolute Gasteiger partial charge is 0.410 e. The average molecular weight is 510 g/mol. The van der Waals surface area contributed by atoms with Gasteiger partial charge in [-0.25, -0.2) is 19.4 Å². The second kappa shape index (κ2) is 10.2. The van der Waals surface area contributed by atoms with Gasteiger partial charge >= 0.3 is 6.09 Å². The maximum Gasteiger partial charge on any atom is 0.410 e. The zero-order chi connectivity index (χ0) is 26.0. The Balaban J connectivity index is 1.54. The maximum absolute atomic E-state index is 13.5. The van der Waals surface area contributed by atoms with Crippen molar-refractivity contribution in [3.05, 3.63) is 54.0 Å². The van der Waals surface area contributed by atoms with Crippen molar-refractivity contribution in [1.82, 2.24) is 24.6 Å². The van der Waals surface area contributed by atoms with Crippen molar-refractivity contribution in [2.24, 2.45) is 0 Å². The van der Waals surface area contributed by atoms with Gasteiger partial charge in [0.1, 0.15) is 17.0 Å². The van der Waals surface area contributed by atoms with E-state index in [2.05, 4.69) is 15.1 Å². The first-order valence-electron chi connectivity index (χ1n) is 11.6. The van der Waals surface area contributed by atoms with Crippen molar-refractivity contribution in [1.29, 1.82) is 0 Å². The molecule has 0 atom stereocenters. The summed E-state index contributed by atoms with van der Waals surface area (Å²) < 4.78 is 7.15. The van der Waals surface area contributed by atoms with Crippen LogP contribution in [-0.2, 0) is 11.3 Å². The van der Waals surface area contributed by atoms with Crippen LogP contribution in [0.4, 0.5) is 16.3 Å². The average Bonchev–Trinajstić information content (AvgIpc) is 3.26. The number of thioether (sulfide) groups is 1. The zero-order valence-corrected chi connectivity index (χ0v) is 22.2. The third-order valence-electron chi connectivity index (χ3n) is 5.59. The Morgan fingerprint density at radius 2 is 1.94 bits per heavy atom. The van der Waals surface area contributed by atoms with Gasteiger partial charge in [0.05, 0.1) is 18.4 Å². The van der Waals surface area contributed by atoms with Gasteiger partial charge in [-0.05, 0) is 45.2 Å². The Morgan fingerprint density at radius 3 is 2.67 bits per heavy atom. The summed E-state index contributed by atoms with van der Waals surface area (Å²) in [5.74, 6) is 0.503. The Morgan fingerprint density at radius 1 is 1.19 bits per heavy atom. The molecule has 0 bridgehead atoms. The molecule has 1 aliphatic heterocycles. The van der Waals surface area contributed by atoms with Gasteiger partial charge in [-0.3, -0.25) is 4.79 Å². The van der Waals surface area contributed by atoms with Crippen LogP contribution in [0.5, 0.6) is 0 Å². The molecular weight excluding hydrogens is 478 g/mol. The van der Waals surface area contributed by atoms with Crippen LogP contribution in [0.2, 0.25) is 0 Å². The van der Waals surface area contributed by atoms with E-state index in [0.717, 1.165) is 16.9 Å². The van der Waals surface area contributed by atoms with Crippen molar-refractivity contribution < 1.29 is 14.3 Å². The van der Waals surface area contributed by atoms with E-state index in [-0.39, 0.29) is 5.91 Å². The Bertz CT molecular complexity index is 1270. The standard InChI is InChI=1S/C25H31N7O3S/c1-25(2,3)35-24(34)30(5)15-17-13-27-32(16-17)19-9-7-8-18(12-19)31-11-10-29(4)21-20(22(31)33)14-26-23(28-21)36-6/h7-9,12-14,16H,10-11,15H2,1-6H3. The van der Waals surface area contributed by atoms with E-state index in [0.29, 0.717) is 36.2 Å². The highest BCUT2D eigenvalue weighted by Gasteiger charge is 2.28. The van der Waals surface area contributed by atoms with Crippen molar-refractivity contribution in [2.75, 3.05) is 43.2 Å². The van der Waals surface area contributed by atoms with Crippen LogP contribution in [0, 0.1) is 0 Å². The minimum atomic E-state index is -0.556. The summed E-state index contributed by atoms with van der Waals surface area (Å²) in [5.41, 5.74) is 2.34. The van der Waals surface area contributed by atoms with Crippen LogP contribution in [0.1, 0.15) is 36.7 Å². The molecule has 4 rings (SSSR count). The first-order chi connectivity index (χ1) is 17.1. The van der Waals surface area contributed by atoms with Gasteiger partial charge in [0, 0.05) is 50.8 Å². The molecule has 10 nitrogen and oxygen atoms in total. The van der Waals surface area contributed by atoms with E-state index in [1.165, 1.54) is 16.7 Å². The molecule has 1 aromatic carbocycles. The SMILES string of the molecule is CSc1ncc2c(n1)N(C)CCN(c1cccc(-n3cc(CN(C)C(=O)OC(C)(C)C)cn3)c1)C2=O. The molecule has 3 heterocycles. The van der Waals surface area contributed by atoms with Crippen LogP contribution in [-0.4, -0.2) is 75.7 Å². The molecule has 0 fully saturated rings. The second-order valence-corrected chi connectivity index (χ2v) is 10.4. The topological polar surface area (TPSA) is 96.7 Å². The highest BCUT2D eigenvalue weighted by molar-refractivity contribution is 7.98. The highest BCUT2D eigenvalue weighted by Crippen LogP contribution is 2.28. The first kappa shape index (κ1) is 25.5. The second-order valence-electron chi connectivity index (χ2n) is 9.62. The van der Waals surface area contributed by atoms with Gasteiger partial charge in [-0.15, -0.1) is 0 Å². The van der Waals surface area contributed by atoms with E-state index < -0.39 is 11.7 Å². The number of benzene rings is 1. The summed E-state index contributed by atoms with van der Waals surface area (Å²) in [6.07, 6.45) is 6.71. The maximum atomic E-state index is 13.5. The Hall–Kier alpha value is -3.60. The van der Waals surface area contributed by atoms with Crippen molar-refractivity contribution >= 4 is 35.3 Å².